The summed E-state index contributed by atoms with van der Waals surface area (Å²) in [6.45, 7) is 4.58. The Labute approximate surface area is 126 Å². The third-order valence-corrected chi connectivity index (χ3v) is 5.14. The van der Waals surface area contributed by atoms with Crippen molar-refractivity contribution >= 4 is 11.3 Å². The molecule has 20 heavy (non-hydrogen) atoms. The molecule has 0 radical (unpaired) electrons. The van der Waals surface area contributed by atoms with Gasteiger partial charge in [0, 0.05) is 16.8 Å². The third kappa shape index (κ3) is 3.94. The average Bonchev–Trinajstić information content (AvgIpc) is 2.99. The van der Waals surface area contributed by atoms with Gasteiger partial charge < -0.3 is 5.73 Å². The Balaban J connectivity index is 2.06. The van der Waals surface area contributed by atoms with E-state index in [1.54, 1.807) is 0 Å². The second kappa shape index (κ2) is 7.61. The van der Waals surface area contributed by atoms with Gasteiger partial charge in [0.2, 0.25) is 0 Å². The molecule has 0 aliphatic heterocycles. The molecule has 0 saturated carbocycles. The van der Waals surface area contributed by atoms with Gasteiger partial charge in [0.05, 0.1) is 0 Å². The molecule has 3 unspecified atom stereocenters. The van der Waals surface area contributed by atoms with Crippen LogP contribution in [0.3, 0.4) is 0 Å². The summed E-state index contributed by atoms with van der Waals surface area (Å²) in [7, 11) is 0. The Morgan fingerprint density at radius 3 is 2.45 bits per heavy atom. The van der Waals surface area contributed by atoms with E-state index in [9.17, 15) is 0 Å². The van der Waals surface area contributed by atoms with Crippen LogP contribution in [0.2, 0.25) is 0 Å². The van der Waals surface area contributed by atoms with E-state index in [4.69, 9.17) is 5.73 Å². The molecule has 1 nitrogen and oxygen atoms in total. The summed E-state index contributed by atoms with van der Waals surface area (Å²) in [5, 5.41) is 2.14. The summed E-state index contributed by atoms with van der Waals surface area (Å²) in [6, 6.07) is 15.3. The van der Waals surface area contributed by atoms with Crippen molar-refractivity contribution in [1.29, 1.82) is 0 Å². The number of nitrogens with two attached hydrogens (primary N) is 1. The average molecular weight is 287 g/mol. The van der Waals surface area contributed by atoms with Gasteiger partial charge in [-0.25, -0.2) is 0 Å². The minimum Gasteiger partial charge on any atom is -0.327 e. The van der Waals surface area contributed by atoms with Crippen LogP contribution >= 0.6 is 11.3 Å². The molecular formula is C18H25NS. The maximum atomic E-state index is 6.55. The SMILES string of the molecule is CCC(C)C(c1ccccc1)C(N)CCc1cccs1. The lowest BCUT2D eigenvalue weighted by Crippen LogP contribution is -2.32. The number of thiophene rings is 1. The van der Waals surface area contributed by atoms with E-state index in [1.165, 1.54) is 16.9 Å². The van der Waals surface area contributed by atoms with Crippen LogP contribution in [0.15, 0.2) is 47.8 Å². The second-order valence-electron chi connectivity index (χ2n) is 5.60. The highest BCUT2D eigenvalue weighted by molar-refractivity contribution is 7.09. The van der Waals surface area contributed by atoms with E-state index >= 15 is 0 Å². The third-order valence-electron chi connectivity index (χ3n) is 4.21. The van der Waals surface area contributed by atoms with Crippen LogP contribution in [0.4, 0.5) is 0 Å². The van der Waals surface area contributed by atoms with Gasteiger partial charge in [-0.05, 0) is 35.8 Å². The van der Waals surface area contributed by atoms with Crippen LogP contribution in [0.25, 0.3) is 0 Å². The smallest absolute Gasteiger partial charge is 0.0114 e. The van der Waals surface area contributed by atoms with Gasteiger partial charge in [-0.15, -0.1) is 11.3 Å². The molecule has 0 aliphatic rings. The molecule has 1 aromatic heterocycles. The minimum atomic E-state index is 0.231. The zero-order valence-electron chi connectivity index (χ0n) is 12.5. The van der Waals surface area contributed by atoms with Crippen molar-refractivity contribution in [3.8, 4) is 0 Å². The molecular weight excluding hydrogens is 262 g/mol. The first-order valence-electron chi connectivity index (χ1n) is 7.55. The number of hydrogen-bond donors (Lipinski definition) is 1. The minimum absolute atomic E-state index is 0.231. The van der Waals surface area contributed by atoms with Crippen LogP contribution in [0, 0.1) is 5.92 Å². The van der Waals surface area contributed by atoms with Gasteiger partial charge in [0.25, 0.3) is 0 Å². The molecule has 3 atom stereocenters. The lowest BCUT2D eigenvalue weighted by atomic mass is 9.79. The zero-order valence-corrected chi connectivity index (χ0v) is 13.3. The quantitative estimate of drug-likeness (QED) is 0.775. The summed E-state index contributed by atoms with van der Waals surface area (Å²) in [5.41, 5.74) is 7.94. The van der Waals surface area contributed by atoms with Gasteiger partial charge in [0.15, 0.2) is 0 Å². The standard InChI is InChI=1S/C18H25NS/c1-3-14(2)18(15-8-5-4-6-9-15)17(19)12-11-16-10-7-13-20-16/h4-10,13-14,17-18H,3,11-12,19H2,1-2H3. The maximum absolute atomic E-state index is 6.55. The van der Waals surface area contributed by atoms with Crippen molar-refractivity contribution in [2.24, 2.45) is 11.7 Å². The van der Waals surface area contributed by atoms with Gasteiger partial charge in [-0.1, -0.05) is 56.7 Å². The number of hydrogen-bond acceptors (Lipinski definition) is 2. The van der Waals surface area contributed by atoms with Crippen molar-refractivity contribution in [3.63, 3.8) is 0 Å². The molecule has 1 aromatic carbocycles. The van der Waals surface area contributed by atoms with E-state index in [0.29, 0.717) is 11.8 Å². The first-order valence-corrected chi connectivity index (χ1v) is 8.43. The van der Waals surface area contributed by atoms with Crippen molar-refractivity contribution in [2.45, 2.75) is 45.1 Å². The fourth-order valence-electron chi connectivity index (χ4n) is 2.87. The fraction of sp³-hybridized carbons (Fsp3) is 0.444. The maximum Gasteiger partial charge on any atom is 0.0114 e. The first kappa shape index (κ1) is 15.3. The van der Waals surface area contributed by atoms with Crippen LogP contribution in [0.5, 0.6) is 0 Å². The molecule has 0 spiro atoms. The molecule has 2 rings (SSSR count). The van der Waals surface area contributed by atoms with E-state index in [0.717, 1.165) is 12.8 Å². The molecule has 0 fully saturated rings. The highest BCUT2D eigenvalue weighted by Gasteiger charge is 2.24. The molecule has 2 aromatic rings. The number of rotatable bonds is 7. The van der Waals surface area contributed by atoms with Crippen LogP contribution in [-0.4, -0.2) is 6.04 Å². The second-order valence-corrected chi connectivity index (χ2v) is 6.64. The van der Waals surface area contributed by atoms with E-state index < -0.39 is 0 Å². The van der Waals surface area contributed by atoms with Crippen LogP contribution in [-0.2, 0) is 6.42 Å². The van der Waals surface area contributed by atoms with Gasteiger partial charge >= 0.3 is 0 Å². The van der Waals surface area contributed by atoms with Crippen molar-refractivity contribution < 1.29 is 0 Å². The summed E-state index contributed by atoms with van der Waals surface area (Å²) >= 11 is 1.83. The van der Waals surface area contributed by atoms with Crippen LogP contribution in [0.1, 0.15) is 43.0 Å². The molecule has 0 saturated heterocycles. The fourth-order valence-corrected chi connectivity index (χ4v) is 3.59. The summed E-state index contributed by atoms with van der Waals surface area (Å²) in [4.78, 5) is 1.44. The first-order chi connectivity index (χ1) is 9.72. The topological polar surface area (TPSA) is 26.0 Å². The molecule has 108 valence electrons. The van der Waals surface area contributed by atoms with Gasteiger partial charge in [-0.3, -0.25) is 0 Å². The highest BCUT2D eigenvalue weighted by atomic mass is 32.1. The summed E-state index contributed by atoms with van der Waals surface area (Å²) in [5.74, 6) is 1.08. The number of benzene rings is 1. The Bertz CT molecular complexity index is 477. The zero-order chi connectivity index (χ0) is 14.4. The van der Waals surface area contributed by atoms with E-state index in [-0.39, 0.29) is 6.04 Å². The summed E-state index contributed by atoms with van der Waals surface area (Å²) in [6.07, 6.45) is 3.33. The molecule has 0 aliphatic carbocycles. The van der Waals surface area contributed by atoms with Gasteiger partial charge in [0.1, 0.15) is 0 Å². The van der Waals surface area contributed by atoms with Crippen molar-refractivity contribution in [2.75, 3.05) is 0 Å². The predicted octanol–water partition coefficient (Wildman–Crippen LogP) is 4.84. The Morgan fingerprint density at radius 2 is 1.85 bits per heavy atom. The van der Waals surface area contributed by atoms with Crippen molar-refractivity contribution in [3.05, 3.63) is 58.3 Å². The molecule has 2 heteroatoms. The molecule has 0 bridgehead atoms. The van der Waals surface area contributed by atoms with Crippen LogP contribution < -0.4 is 5.73 Å². The normalized spacial score (nSPS) is 15.8. The lowest BCUT2D eigenvalue weighted by molar-refractivity contribution is 0.369. The molecule has 2 N–H and O–H groups in total. The molecule has 1 heterocycles. The Morgan fingerprint density at radius 1 is 1.10 bits per heavy atom. The Kier molecular flexibility index (Phi) is 5.81. The highest BCUT2D eigenvalue weighted by Crippen LogP contribution is 2.31. The number of aryl methyl sites for hydroxylation is 1. The van der Waals surface area contributed by atoms with Crippen molar-refractivity contribution in [1.82, 2.24) is 0 Å². The predicted molar refractivity (Wildman–Crippen MR) is 89.3 cm³/mol. The Hall–Kier alpha value is -1.12. The summed E-state index contributed by atoms with van der Waals surface area (Å²) < 4.78 is 0. The lowest BCUT2D eigenvalue weighted by Gasteiger charge is -2.29. The monoisotopic (exact) mass is 287 g/mol. The van der Waals surface area contributed by atoms with E-state index in [1.807, 2.05) is 11.3 Å². The largest absolute Gasteiger partial charge is 0.327 e. The molecule has 0 amide bonds. The van der Waals surface area contributed by atoms with Gasteiger partial charge in [-0.2, -0.15) is 0 Å². The van der Waals surface area contributed by atoms with E-state index in [2.05, 4.69) is 61.7 Å².